The van der Waals surface area contributed by atoms with Gasteiger partial charge in [-0.25, -0.2) is 9.78 Å². The number of pyridine rings is 1. The van der Waals surface area contributed by atoms with Crippen molar-refractivity contribution < 1.29 is 19.3 Å². The molecule has 0 unspecified atom stereocenters. The van der Waals surface area contributed by atoms with E-state index >= 15 is 0 Å². The molecular formula is C9H7N5O5. The number of rotatable bonds is 5. The molecule has 0 saturated carbocycles. The summed E-state index contributed by atoms with van der Waals surface area (Å²) in [5.41, 5.74) is -1.02. The van der Waals surface area contributed by atoms with Gasteiger partial charge < -0.3 is 14.9 Å². The summed E-state index contributed by atoms with van der Waals surface area (Å²) in [5, 5.41) is 25.8. The highest BCUT2D eigenvalue weighted by atomic mass is 16.6. The summed E-state index contributed by atoms with van der Waals surface area (Å²) in [7, 11) is 0. The largest absolute Gasteiger partial charge is 0.477 e. The van der Waals surface area contributed by atoms with Crippen molar-refractivity contribution in [1.82, 2.24) is 15.1 Å². The third-order valence-electron chi connectivity index (χ3n) is 2.14. The zero-order valence-corrected chi connectivity index (χ0v) is 9.31. The van der Waals surface area contributed by atoms with Gasteiger partial charge in [-0.1, -0.05) is 5.16 Å². The van der Waals surface area contributed by atoms with E-state index < -0.39 is 22.1 Å². The average molecular weight is 265 g/mol. The van der Waals surface area contributed by atoms with E-state index in [9.17, 15) is 14.9 Å². The van der Waals surface area contributed by atoms with Crippen LogP contribution >= 0.6 is 0 Å². The van der Waals surface area contributed by atoms with Crippen LogP contribution in [0.1, 0.15) is 16.2 Å². The lowest BCUT2D eigenvalue weighted by Gasteiger charge is -2.04. The maximum atomic E-state index is 10.9. The van der Waals surface area contributed by atoms with Gasteiger partial charge in [-0.15, -0.1) is 0 Å². The van der Waals surface area contributed by atoms with E-state index in [0.717, 1.165) is 18.7 Å². The fourth-order valence-corrected chi connectivity index (χ4v) is 1.30. The van der Waals surface area contributed by atoms with Crippen LogP contribution in [0.15, 0.2) is 23.2 Å². The Bertz CT molecular complexity index is 611. The number of carboxylic acid groups (broad SMARTS) is 1. The molecule has 0 radical (unpaired) electrons. The van der Waals surface area contributed by atoms with Crippen molar-refractivity contribution in [3.8, 4) is 0 Å². The van der Waals surface area contributed by atoms with Gasteiger partial charge in [-0.3, -0.25) is 10.1 Å². The lowest BCUT2D eigenvalue weighted by Crippen LogP contribution is -2.07. The smallest absolute Gasteiger partial charge is 0.342 e. The third-order valence-corrected chi connectivity index (χ3v) is 2.14. The summed E-state index contributed by atoms with van der Waals surface area (Å²) in [5.74, 6) is -0.901. The van der Waals surface area contributed by atoms with Crippen LogP contribution in [0.4, 0.5) is 11.5 Å². The quantitative estimate of drug-likeness (QED) is 0.588. The monoisotopic (exact) mass is 265 g/mol. The van der Waals surface area contributed by atoms with Crippen LogP contribution < -0.4 is 5.32 Å². The van der Waals surface area contributed by atoms with E-state index in [1.165, 1.54) is 0 Å². The summed E-state index contributed by atoms with van der Waals surface area (Å²) in [6, 6.07) is 1.07. The number of hydrogen-bond acceptors (Lipinski definition) is 8. The first kappa shape index (κ1) is 12.4. The van der Waals surface area contributed by atoms with Crippen molar-refractivity contribution in [2.24, 2.45) is 0 Å². The number of nitrogens with zero attached hydrogens (tertiary/aromatic N) is 4. The van der Waals surface area contributed by atoms with Crippen LogP contribution in [0.5, 0.6) is 0 Å². The van der Waals surface area contributed by atoms with Crippen molar-refractivity contribution in [2.75, 3.05) is 5.32 Å². The predicted molar refractivity (Wildman–Crippen MR) is 59.5 cm³/mol. The Morgan fingerprint density at radius 2 is 2.32 bits per heavy atom. The Morgan fingerprint density at radius 3 is 2.89 bits per heavy atom. The van der Waals surface area contributed by atoms with Gasteiger partial charge in [-0.2, -0.15) is 4.98 Å². The maximum Gasteiger partial charge on any atom is 0.342 e. The molecule has 0 aliphatic carbocycles. The zero-order chi connectivity index (χ0) is 13.8. The number of carboxylic acids is 1. The van der Waals surface area contributed by atoms with E-state index in [4.69, 9.17) is 5.11 Å². The number of aromatic carboxylic acids is 1. The van der Waals surface area contributed by atoms with E-state index in [1.54, 1.807) is 0 Å². The molecule has 2 N–H and O–H groups in total. The van der Waals surface area contributed by atoms with Crippen molar-refractivity contribution >= 4 is 17.5 Å². The third kappa shape index (κ3) is 2.80. The molecule has 2 aromatic heterocycles. The molecule has 0 aromatic carbocycles. The van der Waals surface area contributed by atoms with Crippen molar-refractivity contribution in [2.45, 2.75) is 6.54 Å². The lowest BCUT2D eigenvalue weighted by atomic mass is 10.2. The number of anilines is 1. The average Bonchev–Trinajstić information content (AvgIpc) is 2.88. The van der Waals surface area contributed by atoms with Crippen LogP contribution in [0.3, 0.4) is 0 Å². The van der Waals surface area contributed by atoms with E-state index in [1.807, 2.05) is 0 Å². The first-order valence-corrected chi connectivity index (χ1v) is 4.95. The molecule has 2 heterocycles. The van der Waals surface area contributed by atoms with Gasteiger partial charge in [0.15, 0.2) is 5.82 Å². The molecule has 0 aliphatic heterocycles. The lowest BCUT2D eigenvalue weighted by molar-refractivity contribution is -0.385. The fraction of sp³-hybridized carbons (Fsp3) is 0.111. The first-order valence-electron chi connectivity index (χ1n) is 4.95. The standard InChI is InChI=1S/C9H7N5O5/c15-9(16)5-1-7(10-2-6(5)14(17)18)11-3-8-12-4-19-13-8/h1-2,4H,3H2,(H,10,11)(H,15,16). The molecule has 10 heteroatoms. The minimum absolute atomic E-state index is 0.153. The number of hydrogen-bond donors (Lipinski definition) is 2. The Kier molecular flexibility index (Phi) is 3.32. The summed E-state index contributed by atoms with van der Waals surface area (Å²) in [4.78, 5) is 28.2. The second-order valence-corrected chi connectivity index (χ2v) is 3.35. The minimum Gasteiger partial charge on any atom is -0.477 e. The first-order chi connectivity index (χ1) is 9.08. The Balaban J connectivity index is 2.20. The van der Waals surface area contributed by atoms with Gasteiger partial charge in [0.25, 0.3) is 0 Å². The number of aromatic nitrogens is 3. The van der Waals surface area contributed by atoms with Gasteiger partial charge in [0.1, 0.15) is 17.6 Å². The normalized spacial score (nSPS) is 10.1. The summed E-state index contributed by atoms with van der Waals surface area (Å²) < 4.78 is 4.51. The summed E-state index contributed by atoms with van der Waals surface area (Å²) in [6.07, 6.45) is 2.02. The van der Waals surface area contributed by atoms with Gasteiger partial charge in [0.05, 0.1) is 11.5 Å². The second-order valence-electron chi connectivity index (χ2n) is 3.35. The molecule has 0 amide bonds. The molecule has 0 atom stereocenters. The molecular weight excluding hydrogens is 258 g/mol. The predicted octanol–water partition coefficient (Wildman–Crippen LogP) is 0.683. The molecule has 2 aromatic rings. The second kappa shape index (κ2) is 5.08. The van der Waals surface area contributed by atoms with Crippen molar-refractivity contribution in [1.29, 1.82) is 0 Å². The van der Waals surface area contributed by atoms with E-state index in [2.05, 4.69) is 25.0 Å². The highest BCUT2D eigenvalue weighted by molar-refractivity contribution is 5.93. The molecule has 2 rings (SSSR count). The number of nitro groups is 1. The van der Waals surface area contributed by atoms with Crippen LogP contribution in [-0.2, 0) is 6.54 Å². The Labute approximate surface area is 105 Å². The highest BCUT2D eigenvalue weighted by Crippen LogP contribution is 2.20. The number of carbonyl (C=O) groups is 1. The topological polar surface area (TPSA) is 144 Å². The van der Waals surface area contributed by atoms with Crippen molar-refractivity contribution in [3.63, 3.8) is 0 Å². The summed E-state index contributed by atoms with van der Waals surface area (Å²) in [6.45, 7) is 0.153. The van der Waals surface area contributed by atoms with Gasteiger partial charge in [0, 0.05) is 6.07 Å². The zero-order valence-electron chi connectivity index (χ0n) is 9.31. The van der Waals surface area contributed by atoms with Crippen molar-refractivity contribution in [3.05, 3.63) is 40.2 Å². The molecule has 0 aliphatic rings. The molecule has 0 spiro atoms. The molecule has 0 fully saturated rings. The molecule has 0 bridgehead atoms. The molecule has 98 valence electrons. The van der Waals surface area contributed by atoms with Crippen LogP contribution in [0, 0.1) is 10.1 Å². The van der Waals surface area contributed by atoms with E-state index in [-0.39, 0.29) is 12.4 Å². The minimum atomic E-state index is -1.41. The Hall–Kier alpha value is -3.04. The van der Waals surface area contributed by atoms with Gasteiger partial charge in [0.2, 0.25) is 6.39 Å². The van der Waals surface area contributed by atoms with E-state index in [0.29, 0.717) is 5.82 Å². The van der Waals surface area contributed by atoms with Crippen LogP contribution in [-0.4, -0.2) is 31.1 Å². The molecule has 10 nitrogen and oxygen atoms in total. The van der Waals surface area contributed by atoms with Gasteiger partial charge >= 0.3 is 11.7 Å². The summed E-state index contributed by atoms with van der Waals surface area (Å²) >= 11 is 0. The van der Waals surface area contributed by atoms with Crippen LogP contribution in [0.25, 0.3) is 0 Å². The molecule has 19 heavy (non-hydrogen) atoms. The Morgan fingerprint density at radius 1 is 1.53 bits per heavy atom. The maximum absolute atomic E-state index is 10.9. The van der Waals surface area contributed by atoms with Gasteiger partial charge in [-0.05, 0) is 0 Å². The SMILES string of the molecule is O=C(O)c1cc(NCc2ncon2)ncc1[N+](=O)[O-]. The number of nitrogens with one attached hydrogen (secondary N) is 1. The highest BCUT2D eigenvalue weighted by Gasteiger charge is 2.21. The molecule has 0 saturated heterocycles. The fourth-order valence-electron chi connectivity index (χ4n) is 1.30. The van der Waals surface area contributed by atoms with Crippen LogP contribution in [0.2, 0.25) is 0 Å².